The molecule has 1 aliphatic rings. The lowest BCUT2D eigenvalue weighted by atomic mass is 10.0. The van der Waals surface area contributed by atoms with Gasteiger partial charge in [-0.2, -0.15) is 18.3 Å². The van der Waals surface area contributed by atoms with Crippen molar-refractivity contribution in [3.63, 3.8) is 0 Å². The Morgan fingerprint density at radius 2 is 2.00 bits per heavy atom. The Kier molecular flexibility index (Phi) is 4.92. The van der Waals surface area contributed by atoms with Crippen molar-refractivity contribution < 1.29 is 26.7 Å². The first-order valence-electron chi connectivity index (χ1n) is 8.98. The lowest BCUT2D eigenvalue weighted by molar-refractivity contribution is -0.148. The van der Waals surface area contributed by atoms with Gasteiger partial charge in [-0.15, -0.1) is 10.2 Å². The summed E-state index contributed by atoms with van der Waals surface area (Å²) in [6.45, 7) is -0.147. The van der Waals surface area contributed by atoms with Crippen molar-refractivity contribution in [2.24, 2.45) is 5.73 Å². The van der Waals surface area contributed by atoms with Crippen molar-refractivity contribution in [2.75, 3.05) is 6.54 Å². The highest BCUT2D eigenvalue weighted by Crippen LogP contribution is 2.29. The fourth-order valence-corrected chi connectivity index (χ4v) is 3.54. The molecular formula is C17H16F5N7O. The Bertz CT molecular complexity index is 1110. The molecule has 1 amide bonds. The largest absolute Gasteiger partial charge is 0.451 e. The zero-order chi connectivity index (χ0) is 21.6. The summed E-state index contributed by atoms with van der Waals surface area (Å²) in [6, 6.07) is 1.11. The number of hydrogen-bond acceptors (Lipinski definition) is 5. The molecule has 0 radical (unpaired) electrons. The third-order valence-electron chi connectivity index (χ3n) is 4.91. The molecule has 2 aromatic heterocycles. The molecule has 3 aromatic rings. The van der Waals surface area contributed by atoms with Crippen LogP contribution in [0.15, 0.2) is 12.1 Å². The molecule has 0 fully saturated rings. The zero-order valence-electron chi connectivity index (χ0n) is 15.4. The summed E-state index contributed by atoms with van der Waals surface area (Å²) in [6.07, 6.45) is -4.70. The molecule has 1 atom stereocenters. The van der Waals surface area contributed by atoms with E-state index in [9.17, 15) is 26.7 Å². The molecule has 0 saturated carbocycles. The Hall–Kier alpha value is -3.09. The molecule has 3 N–H and O–H groups in total. The summed E-state index contributed by atoms with van der Waals surface area (Å²) < 4.78 is 67.0. The van der Waals surface area contributed by atoms with Gasteiger partial charge in [-0.1, -0.05) is 0 Å². The van der Waals surface area contributed by atoms with Crippen LogP contribution in [0, 0.1) is 11.6 Å². The molecule has 13 heteroatoms. The highest BCUT2D eigenvalue weighted by atomic mass is 19.4. The molecule has 0 bridgehead atoms. The fourth-order valence-electron chi connectivity index (χ4n) is 3.54. The predicted molar refractivity (Wildman–Crippen MR) is 92.7 cm³/mol. The fraction of sp³-hybridized carbons (Fsp3) is 0.412. The summed E-state index contributed by atoms with van der Waals surface area (Å²) in [5.74, 6) is -2.97. The second-order valence-electron chi connectivity index (χ2n) is 7.05. The van der Waals surface area contributed by atoms with Crippen LogP contribution in [0.5, 0.6) is 0 Å². The average molecular weight is 429 g/mol. The first-order valence-corrected chi connectivity index (χ1v) is 8.98. The summed E-state index contributed by atoms with van der Waals surface area (Å²) in [5.41, 5.74) is 6.46. The van der Waals surface area contributed by atoms with Gasteiger partial charge in [0.25, 0.3) is 0 Å². The number of halogens is 5. The summed E-state index contributed by atoms with van der Waals surface area (Å²) in [7, 11) is 0. The first-order chi connectivity index (χ1) is 14.1. The molecule has 1 unspecified atom stereocenters. The van der Waals surface area contributed by atoms with E-state index in [1.165, 1.54) is 4.90 Å². The van der Waals surface area contributed by atoms with Crippen LogP contribution >= 0.6 is 0 Å². The molecule has 0 spiro atoms. The van der Waals surface area contributed by atoms with Gasteiger partial charge in [-0.25, -0.2) is 8.78 Å². The number of amides is 1. The quantitative estimate of drug-likeness (QED) is 0.615. The van der Waals surface area contributed by atoms with Gasteiger partial charge in [0, 0.05) is 38.0 Å². The molecule has 160 valence electrons. The zero-order valence-corrected chi connectivity index (χ0v) is 15.4. The van der Waals surface area contributed by atoms with Gasteiger partial charge in [-0.3, -0.25) is 9.89 Å². The number of nitrogens with zero attached hydrogens (tertiary/aromatic N) is 5. The maximum absolute atomic E-state index is 14.1. The van der Waals surface area contributed by atoms with Crippen LogP contribution in [0.25, 0.3) is 10.9 Å². The van der Waals surface area contributed by atoms with E-state index in [1.54, 1.807) is 0 Å². The maximum atomic E-state index is 14.1. The number of rotatable bonds is 4. The number of aromatic nitrogens is 5. The van der Waals surface area contributed by atoms with Crippen molar-refractivity contribution in [3.8, 4) is 0 Å². The van der Waals surface area contributed by atoms with Gasteiger partial charge in [0.2, 0.25) is 11.7 Å². The van der Waals surface area contributed by atoms with Crippen LogP contribution in [-0.4, -0.2) is 48.4 Å². The van der Waals surface area contributed by atoms with E-state index in [2.05, 4.69) is 20.4 Å². The Balaban J connectivity index is 1.42. The van der Waals surface area contributed by atoms with Crippen molar-refractivity contribution in [2.45, 2.75) is 38.1 Å². The third kappa shape index (κ3) is 3.72. The topological polar surface area (TPSA) is 106 Å². The summed E-state index contributed by atoms with van der Waals surface area (Å²) in [4.78, 5) is 13.9. The Morgan fingerprint density at radius 3 is 2.73 bits per heavy atom. The normalized spacial score (nSPS) is 15.5. The van der Waals surface area contributed by atoms with Crippen LogP contribution < -0.4 is 5.73 Å². The summed E-state index contributed by atoms with van der Waals surface area (Å²) in [5, 5.41) is 13.3. The number of fused-ring (bicyclic) bond motifs is 2. The van der Waals surface area contributed by atoms with Gasteiger partial charge in [-0.05, 0) is 6.07 Å². The van der Waals surface area contributed by atoms with Gasteiger partial charge in [0.15, 0.2) is 5.82 Å². The van der Waals surface area contributed by atoms with Gasteiger partial charge in [0.05, 0.1) is 23.1 Å². The minimum Gasteiger partial charge on any atom is -0.333 e. The van der Waals surface area contributed by atoms with Crippen molar-refractivity contribution in [1.82, 2.24) is 29.9 Å². The Morgan fingerprint density at radius 1 is 1.23 bits per heavy atom. The number of benzene rings is 1. The highest BCUT2D eigenvalue weighted by molar-refractivity contribution is 5.82. The number of carbonyl (C=O) groups excluding carboxylic acids is 1. The lowest BCUT2D eigenvalue weighted by Crippen LogP contribution is -2.42. The smallest absolute Gasteiger partial charge is 0.333 e. The van der Waals surface area contributed by atoms with Crippen molar-refractivity contribution in [3.05, 3.63) is 41.1 Å². The monoisotopic (exact) mass is 429 g/mol. The minimum atomic E-state index is -4.62. The number of nitrogens with two attached hydrogens (primary N) is 1. The maximum Gasteiger partial charge on any atom is 0.451 e. The summed E-state index contributed by atoms with van der Waals surface area (Å²) >= 11 is 0. The predicted octanol–water partition coefficient (Wildman–Crippen LogP) is 1.75. The molecule has 0 aliphatic carbocycles. The highest BCUT2D eigenvalue weighted by Gasteiger charge is 2.40. The molecule has 0 saturated heterocycles. The molecule has 1 aliphatic heterocycles. The number of H-pyrrole nitrogens is 1. The average Bonchev–Trinajstić information content (AvgIpc) is 3.24. The van der Waals surface area contributed by atoms with Gasteiger partial charge < -0.3 is 15.2 Å². The second kappa shape index (κ2) is 7.31. The van der Waals surface area contributed by atoms with Crippen LogP contribution in [0.1, 0.15) is 23.8 Å². The Labute approximate surface area is 165 Å². The van der Waals surface area contributed by atoms with E-state index in [0.717, 1.165) is 16.7 Å². The number of aromatic amines is 1. The molecular weight excluding hydrogens is 413 g/mol. The van der Waals surface area contributed by atoms with E-state index in [4.69, 9.17) is 5.73 Å². The van der Waals surface area contributed by atoms with Gasteiger partial charge in [0.1, 0.15) is 11.6 Å². The molecule has 30 heavy (non-hydrogen) atoms. The minimum absolute atomic E-state index is 0.0397. The molecule has 4 rings (SSSR count). The van der Waals surface area contributed by atoms with Crippen molar-refractivity contribution in [1.29, 1.82) is 0 Å². The van der Waals surface area contributed by atoms with Crippen LogP contribution in [0.2, 0.25) is 0 Å². The standard InChI is InChI=1S/C17H16F5N7O/c18-8-3-10(19)15-11(4-8)24-25-12(15)5-9(23)6-14(30)28-1-2-29-13(7-28)26-27-16(29)17(20,21)22/h3-4,9H,1-2,5-7,23H2,(H,24,25). The third-order valence-corrected chi connectivity index (χ3v) is 4.91. The number of nitrogens with one attached hydrogen (secondary N) is 1. The first kappa shape index (κ1) is 20.2. The van der Waals surface area contributed by atoms with E-state index in [1.807, 2.05) is 0 Å². The van der Waals surface area contributed by atoms with E-state index in [-0.39, 0.29) is 60.8 Å². The van der Waals surface area contributed by atoms with Crippen LogP contribution in [0.4, 0.5) is 22.0 Å². The van der Waals surface area contributed by atoms with E-state index >= 15 is 0 Å². The van der Waals surface area contributed by atoms with Crippen LogP contribution in [0.3, 0.4) is 0 Å². The van der Waals surface area contributed by atoms with Gasteiger partial charge >= 0.3 is 6.18 Å². The van der Waals surface area contributed by atoms with E-state index in [0.29, 0.717) is 0 Å². The molecule has 8 nitrogen and oxygen atoms in total. The SMILES string of the molecule is NC(CC(=O)N1CCn2c(nnc2C(F)(F)F)C1)Cc1n[nH]c2cc(F)cc(F)c12. The number of alkyl halides is 3. The van der Waals surface area contributed by atoms with Crippen molar-refractivity contribution >= 4 is 16.8 Å². The van der Waals surface area contributed by atoms with E-state index < -0.39 is 29.7 Å². The molecule has 3 heterocycles. The lowest BCUT2D eigenvalue weighted by Gasteiger charge is -2.28. The number of carbonyl (C=O) groups is 1. The number of hydrogen-bond donors (Lipinski definition) is 2. The van der Waals surface area contributed by atoms with Crippen LogP contribution in [-0.2, 0) is 30.5 Å². The second-order valence-corrected chi connectivity index (χ2v) is 7.05. The molecule has 1 aromatic carbocycles.